The molecule has 0 unspecified atom stereocenters. The molecule has 0 atom stereocenters. The number of aromatic nitrogens is 1. The lowest BCUT2D eigenvalue weighted by Gasteiger charge is -2.17. The van der Waals surface area contributed by atoms with Gasteiger partial charge in [-0.3, -0.25) is 9.78 Å². The van der Waals surface area contributed by atoms with Crippen LogP contribution in [0, 0.1) is 0 Å². The van der Waals surface area contributed by atoms with Crippen molar-refractivity contribution in [2.24, 2.45) is 0 Å². The summed E-state index contributed by atoms with van der Waals surface area (Å²) in [7, 11) is 1.67. The molecule has 2 amide bonds. The van der Waals surface area contributed by atoms with E-state index in [2.05, 4.69) is 10.3 Å². The molecule has 0 aliphatic heterocycles. The van der Waals surface area contributed by atoms with E-state index >= 15 is 0 Å². The predicted octanol–water partition coefficient (Wildman–Crippen LogP) is 0.740. The monoisotopic (exact) mass is 251 g/mol. The third-order valence-electron chi connectivity index (χ3n) is 2.39. The number of carbonyl (C=O) groups is 2. The second-order valence-corrected chi connectivity index (χ2v) is 3.87. The van der Waals surface area contributed by atoms with Crippen molar-refractivity contribution < 1.29 is 14.7 Å². The Bertz CT molecular complexity index is 395. The molecule has 1 aromatic heterocycles. The van der Waals surface area contributed by atoms with E-state index in [-0.39, 0.29) is 19.0 Å². The van der Waals surface area contributed by atoms with Crippen LogP contribution in [0.5, 0.6) is 0 Å². The van der Waals surface area contributed by atoms with E-state index in [1.54, 1.807) is 13.2 Å². The Morgan fingerprint density at radius 3 is 2.83 bits per heavy atom. The molecular weight excluding hydrogens is 234 g/mol. The summed E-state index contributed by atoms with van der Waals surface area (Å²) in [6.45, 7) is 0.679. The Hall–Kier alpha value is -2.11. The van der Waals surface area contributed by atoms with Crippen LogP contribution in [0.1, 0.15) is 12.1 Å². The second kappa shape index (κ2) is 7.26. The van der Waals surface area contributed by atoms with Gasteiger partial charge in [0.05, 0.1) is 6.42 Å². The zero-order valence-electron chi connectivity index (χ0n) is 10.3. The maximum absolute atomic E-state index is 11.5. The summed E-state index contributed by atoms with van der Waals surface area (Å²) in [4.78, 5) is 27.5. The summed E-state index contributed by atoms with van der Waals surface area (Å²) >= 11 is 0. The molecule has 6 heteroatoms. The first-order valence-corrected chi connectivity index (χ1v) is 5.70. The third-order valence-corrected chi connectivity index (χ3v) is 2.39. The zero-order valence-corrected chi connectivity index (χ0v) is 10.3. The Morgan fingerprint density at radius 1 is 1.44 bits per heavy atom. The fourth-order valence-electron chi connectivity index (χ4n) is 1.34. The van der Waals surface area contributed by atoms with Crippen LogP contribution < -0.4 is 5.32 Å². The number of carbonyl (C=O) groups excluding carboxylic acids is 1. The first-order valence-electron chi connectivity index (χ1n) is 5.70. The van der Waals surface area contributed by atoms with Gasteiger partial charge in [-0.25, -0.2) is 4.79 Å². The average molecular weight is 251 g/mol. The van der Waals surface area contributed by atoms with Gasteiger partial charge in [-0.1, -0.05) is 6.07 Å². The molecule has 1 heterocycles. The zero-order chi connectivity index (χ0) is 13.4. The number of carboxylic acids is 1. The molecular formula is C12H17N3O3. The number of hydrogen-bond donors (Lipinski definition) is 2. The van der Waals surface area contributed by atoms with E-state index in [0.29, 0.717) is 13.0 Å². The van der Waals surface area contributed by atoms with E-state index in [1.807, 2.05) is 18.2 Å². The van der Waals surface area contributed by atoms with Crippen LogP contribution >= 0.6 is 0 Å². The maximum Gasteiger partial charge on any atom is 0.317 e. The Morgan fingerprint density at radius 2 is 2.22 bits per heavy atom. The lowest BCUT2D eigenvalue weighted by molar-refractivity contribution is -0.136. The standard InChI is InChI=1S/C12H17N3O3/c1-15(12(18)14-8-5-11(16)17)9-6-10-4-2-3-7-13-10/h2-4,7H,5-6,8-9H2,1H3,(H,14,18)(H,16,17). The molecule has 0 saturated heterocycles. The summed E-state index contributed by atoms with van der Waals surface area (Å²) in [5.74, 6) is -0.925. The minimum Gasteiger partial charge on any atom is -0.481 e. The first-order chi connectivity index (χ1) is 8.59. The second-order valence-electron chi connectivity index (χ2n) is 3.87. The molecule has 0 saturated carbocycles. The highest BCUT2D eigenvalue weighted by Crippen LogP contribution is 1.96. The Balaban J connectivity index is 2.25. The summed E-state index contributed by atoms with van der Waals surface area (Å²) in [5.41, 5.74) is 0.919. The minimum absolute atomic E-state index is 0.0696. The normalized spacial score (nSPS) is 9.83. The average Bonchev–Trinajstić information content (AvgIpc) is 2.36. The molecule has 0 radical (unpaired) electrons. The number of nitrogens with zero attached hydrogens (tertiary/aromatic N) is 2. The summed E-state index contributed by atoms with van der Waals surface area (Å²) < 4.78 is 0. The van der Waals surface area contributed by atoms with E-state index in [1.165, 1.54) is 4.90 Å². The molecule has 98 valence electrons. The van der Waals surface area contributed by atoms with Crippen LogP contribution in [0.4, 0.5) is 4.79 Å². The minimum atomic E-state index is -0.925. The van der Waals surface area contributed by atoms with E-state index in [9.17, 15) is 9.59 Å². The molecule has 0 aromatic carbocycles. The van der Waals surface area contributed by atoms with E-state index < -0.39 is 5.97 Å². The van der Waals surface area contributed by atoms with Gasteiger partial charge in [-0.15, -0.1) is 0 Å². The molecule has 0 fully saturated rings. The molecule has 0 aliphatic carbocycles. The van der Waals surface area contributed by atoms with Gasteiger partial charge in [0.2, 0.25) is 0 Å². The molecule has 0 bridgehead atoms. The van der Waals surface area contributed by atoms with Crippen LogP contribution in [-0.4, -0.2) is 47.1 Å². The van der Waals surface area contributed by atoms with Crippen molar-refractivity contribution in [1.82, 2.24) is 15.2 Å². The van der Waals surface area contributed by atoms with E-state index in [0.717, 1.165) is 5.69 Å². The molecule has 0 aliphatic rings. The van der Waals surface area contributed by atoms with Gasteiger partial charge in [0, 0.05) is 38.4 Å². The predicted molar refractivity (Wildman–Crippen MR) is 66.2 cm³/mol. The van der Waals surface area contributed by atoms with Crippen molar-refractivity contribution in [1.29, 1.82) is 0 Å². The van der Waals surface area contributed by atoms with Crippen molar-refractivity contribution >= 4 is 12.0 Å². The fourth-order valence-corrected chi connectivity index (χ4v) is 1.34. The molecule has 1 rings (SSSR count). The van der Waals surface area contributed by atoms with Crippen molar-refractivity contribution in [2.75, 3.05) is 20.1 Å². The topological polar surface area (TPSA) is 82.5 Å². The van der Waals surface area contributed by atoms with Crippen LogP contribution in [0.2, 0.25) is 0 Å². The number of aliphatic carboxylic acids is 1. The SMILES string of the molecule is CN(CCc1ccccn1)C(=O)NCCC(=O)O. The van der Waals surface area contributed by atoms with Gasteiger partial charge < -0.3 is 15.3 Å². The van der Waals surface area contributed by atoms with Crippen molar-refractivity contribution in [3.8, 4) is 0 Å². The third kappa shape index (κ3) is 5.29. The van der Waals surface area contributed by atoms with Crippen LogP contribution in [-0.2, 0) is 11.2 Å². The van der Waals surface area contributed by atoms with Gasteiger partial charge in [0.1, 0.15) is 0 Å². The Labute approximate surface area is 106 Å². The largest absolute Gasteiger partial charge is 0.481 e. The number of hydrogen-bond acceptors (Lipinski definition) is 3. The van der Waals surface area contributed by atoms with Gasteiger partial charge in [-0.2, -0.15) is 0 Å². The van der Waals surface area contributed by atoms with Gasteiger partial charge >= 0.3 is 12.0 Å². The quantitative estimate of drug-likeness (QED) is 0.781. The van der Waals surface area contributed by atoms with Crippen LogP contribution in [0.15, 0.2) is 24.4 Å². The number of likely N-dealkylation sites (N-methyl/N-ethyl adjacent to an activating group) is 1. The van der Waals surface area contributed by atoms with Crippen LogP contribution in [0.3, 0.4) is 0 Å². The van der Waals surface area contributed by atoms with Crippen molar-refractivity contribution in [2.45, 2.75) is 12.8 Å². The number of carboxylic acid groups (broad SMARTS) is 1. The number of pyridine rings is 1. The molecule has 1 aromatic rings. The van der Waals surface area contributed by atoms with Crippen LogP contribution in [0.25, 0.3) is 0 Å². The van der Waals surface area contributed by atoms with Gasteiger partial charge in [0.25, 0.3) is 0 Å². The summed E-state index contributed by atoms with van der Waals surface area (Å²) in [5, 5.41) is 11.0. The van der Waals surface area contributed by atoms with E-state index in [4.69, 9.17) is 5.11 Å². The number of urea groups is 1. The smallest absolute Gasteiger partial charge is 0.317 e. The van der Waals surface area contributed by atoms with Crippen molar-refractivity contribution in [3.05, 3.63) is 30.1 Å². The lowest BCUT2D eigenvalue weighted by Crippen LogP contribution is -2.39. The molecule has 2 N–H and O–H groups in total. The lowest BCUT2D eigenvalue weighted by atomic mass is 10.2. The molecule has 0 spiro atoms. The summed E-state index contributed by atoms with van der Waals surface area (Å²) in [6, 6.07) is 5.37. The maximum atomic E-state index is 11.5. The van der Waals surface area contributed by atoms with Crippen molar-refractivity contribution in [3.63, 3.8) is 0 Å². The van der Waals surface area contributed by atoms with Gasteiger partial charge in [-0.05, 0) is 12.1 Å². The number of amides is 2. The fraction of sp³-hybridized carbons (Fsp3) is 0.417. The number of nitrogens with one attached hydrogen (secondary N) is 1. The van der Waals surface area contributed by atoms with Gasteiger partial charge in [0.15, 0.2) is 0 Å². The first kappa shape index (κ1) is 14.0. The molecule has 6 nitrogen and oxygen atoms in total. The molecule has 18 heavy (non-hydrogen) atoms. The summed E-state index contributed by atoms with van der Waals surface area (Å²) in [6.07, 6.45) is 2.31. The highest BCUT2D eigenvalue weighted by atomic mass is 16.4. The Kier molecular flexibility index (Phi) is 5.63. The highest BCUT2D eigenvalue weighted by Gasteiger charge is 2.08. The highest BCUT2D eigenvalue weighted by molar-refractivity contribution is 5.74. The number of rotatable bonds is 6.